The summed E-state index contributed by atoms with van der Waals surface area (Å²) >= 11 is 0. The number of hydrogen-bond donors (Lipinski definition) is 1. The van der Waals surface area contributed by atoms with Crippen LogP contribution in [0, 0.1) is 0 Å². The zero-order chi connectivity index (χ0) is 18.1. The van der Waals surface area contributed by atoms with Crippen molar-refractivity contribution in [3.05, 3.63) is 57.6 Å². The van der Waals surface area contributed by atoms with E-state index in [-0.39, 0.29) is 18.6 Å². The Bertz CT molecular complexity index is 1170. The number of pyridine rings is 3. The third-order valence-electron chi connectivity index (χ3n) is 5.31. The van der Waals surface area contributed by atoms with Gasteiger partial charge in [-0.2, -0.15) is 0 Å². The van der Waals surface area contributed by atoms with Crippen molar-refractivity contribution >= 4 is 16.9 Å². The summed E-state index contributed by atoms with van der Waals surface area (Å²) in [5, 5.41) is 11.7. The van der Waals surface area contributed by atoms with Gasteiger partial charge in [0.25, 0.3) is 5.56 Å². The van der Waals surface area contributed by atoms with Crippen LogP contribution >= 0.6 is 0 Å². The normalized spacial score (nSPS) is 20.5. The van der Waals surface area contributed by atoms with Crippen LogP contribution in [0.3, 0.4) is 0 Å². The van der Waals surface area contributed by atoms with Crippen molar-refractivity contribution < 1.29 is 14.6 Å². The molecule has 1 atom stereocenters. The zero-order valence-corrected chi connectivity index (χ0v) is 14.0. The van der Waals surface area contributed by atoms with Gasteiger partial charge in [-0.25, -0.2) is 9.78 Å². The average molecular weight is 349 g/mol. The Kier molecular flexibility index (Phi) is 2.92. The van der Waals surface area contributed by atoms with Crippen molar-refractivity contribution in [3.8, 4) is 11.4 Å². The van der Waals surface area contributed by atoms with E-state index >= 15 is 0 Å². The maximum Gasteiger partial charge on any atom is 0.343 e. The summed E-state index contributed by atoms with van der Waals surface area (Å²) in [6, 6.07) is 5.50. The van der Waals surface area contributed by atoms with Crippen molar-refractivity contribution in [2.45, 2.75) is 32.1 Å². The highest BCUT2D eigenvalue weighted by Crippen LogP contribution is 2.38. The van der Waals surface area contributed by atoms with Crippen LogP contribution in [0.5, 0.6) is 0 Å². The Morgan fingerprint density at radius 1 is 1.35 bits per heavy atom. The molecule has 26 heavy (non-hydrogen) atoms. The zero-order valence-electron chi connectivity index (χ0n) is 14.0. The van der Waals surface area contributed by atoms with Gasteiger partial charge < -0.3 is 14.4 Å². The number of esters is 1. The summed E-state index contributed by atoms with van der Waals surface area (Å²) in [4.78, 5) is 33.9. The molecule has 7 nitrogen and oxygen atoms in total. The fourth-order valence-electron chi connectivity index (χ4n) is 3.83. The number of carbonyl (C=O) groups excluding carboxylic acids is 1. The van der Waals surface area contributed by atoms with Gasteiger partial charge in [-0.15, -0.1) is 0 Å². The topological polar surface area (TPSA) is 94.3 Å². The van der Waals surface area contributed by atoms with Crippen molar-refractivity contribution in [2.24, 2.45) is 0 Å². The minimum absolute atomic E-state index is 0.120. The van der Waals surface area contributed by atoms with Gasteiger partial charge >= 0.3 is 5.97 Å². The number of ether oxygens (including phenoxy) is 1. The number of aromatic nitrogens is 3. The molecule has 1 N–H and O–H groups in total. The van der Waals surface area contributed by atoms with Gasteiger partial charge in [0.05, 0.1) is 29.0 Å². The molecule has 3 aromatic heterocycles. The number of cyclic esters (lactones) is 1. The Labute approximate surface area is 147 Å². The van der Waals surface area contributed by atoms with Crippen LogP contribution in [-0.4, -0.2) is 25.6 Å². The van der Waals surface area contributed by atoms with E-state index in [2.05, 4.69) is 9.97 Å². The van der Waals surface area contributed by atoms with Crippen LogP contribution < -0.4 is 5.56 Å². The lowest BCUT2D eigenvalue weighted by molar-refractivity contribution is -0.172. The van der Waals surface area contributed by atoms with Crippen LogP contribution in [0.25, 0.3) is 22.3 Å². The first-order valence-corrected chi connectivity index (χ1v) is 8.43. The van der Waals surface area contributed by atoms with Gasteiger partial charge in [-0.05, 0) is 24.6 Å². The molecule has 5 heterocycles. The highest BCUT2D eigenvalue weighted by molar-refractivity contribution is 5.85. The first-order valence-electron chi connectivity index (χ1n) is 8.43. The van der Waals surface area contributed by atoms with Crippen LogP contribution in [0.15, 0.2) is 35.4 Å². The Hall–Kier alpha value is -3.06. The molecule has 0 amide bonds. The molecular formula is C19H15N3O4. The molecule has 0 radical (unpaired) electrons. The van der Waals surface area contributed by atoms with Gasteiger partial charge in [-0.3, -0.25) is 9.78 Å². The predicted molar refractivity (Wildman–Crippen MR) is 92.3 cm³/mol. The van der Waals surface area contributed by atoms with Crippen molar-refractivity contribution in [1.82, 2.24) is 14.5 Å². The van der Waals surface area contributed by atoms with E-state index < -0.39 is 11.6 Å². The summed E-state index contributed by atoms with van der Waals surface area (Å²) in [7, 11) is 0. The average Bonchev–Trinajstić information content (AvgIpc) is 3.01. The second-order valence-electron chi connectivity index (χ2n) is 6.67. The third-order valence-corrected chi connectivity index (χ3v) is 5.31. The molecule has 0 aromatic carbocycles. The summed E-state index contributed by atoms with van der Waals surface area (Å²) in [6.45, 7) is 1.96. The molecule has 2 aliphatic rings. The predicted octanol–water partition coefficient (Wildman–Crippen LogP) is 1.47. The maximum absolute atomic E-state index is 13.0. The summed E-state index contributed by atoms with van der Waals surface area (Å²) in [5.41, 5.74) is 1.61. The van der Waals surface area contributed by atoms with E-state index in [1.54, 1.807) is 30.0 Å². The van der Waals surface area contributed by atoms with Gasteiger partial charge in [0.15, 0.2) is 5.60 Å². The number of hydrogen-bond acceptors (Lipinski definition) is 6. The molecule has 3 aromatic rings. The first-order chi connectivity index (χ1) is 12.5. The van der Waals surface area contributed by atoms with Crippen LogP contribution in [0.4, 0.5) is 0 Å². The Morgan fingerprint density at radius 3 is 3.00 bits per heavy atom. The molecule has 0 saturated heterocycles. The second kappa shape index (κ2) is 4.98. The molecule has 0 bridgehead atoms. The van der Waals surface area contributed by atoms with Crippen LogP contribution in [-0.2, 0) is 28.3 Å². The van der Waals surface area contributed by atoms with Gasteiger partial charge in [0.1, 0.15) is 6.61 Å². The molecule has 2 aliphatic heterocycles. The number of aliphatic hydroxyl groups is 1. The highest BCUT2D eigenvalue weighted by Gasteiger charge is 2.45. The van der Waals surface area contributed by atoms with Crippen LogP contribution in [0.1, 0.15) is 30.0 Å². The monoisotopic (exact) mass is 349 g/mol. The maximum atomic E-state index is 13.0. The first kappa shape index (κ1) is 15.2. The molecule has 5 rings (SSSR count). The second-order valence-corrected chi connectivity index (χ2v) is 6.67. The van der Waals surface area contributed by atoms with Crippen molar-refractivity contribution in [3.63, 3.8) is 0 Å². The standard InChI is InChI=1S/C19H15N3O4/c1-2-19(25)13-6-15-16-11(5-10-7-20-4-3-14(10)21-16)8-22(15)17(23)12(13)9-26-18(19)24/h3-7,25H,2,8-9H2,1H3. The SMILES string of the molecule is CCC1(O)C(=O)OCc2c1cc1n(c2=O)Cc2cc3cnccc3nc2-1. The van der Waals surface area contributed by atoms with E-state index in [0.717, 1.165) is 16.5 Å². The molecule has 0 aliphatic carbocycles. The molecule has 0 fully saturated rings. The molecule has 0 saturated carbocycles. The Balaban J connectivity index is 1.81. The van der Waals surface area contributed by atoms with Gasteiger partial charge in [0, 0.05) is 28.9 Å². The molecule has 130 valence electrons. The fraction of sp³-hybridized carbons (Fsp3) is 0.263. The highest BCUT2D eigenvalue weighted by atomic mass is 16.6. The third kappa shape index (κ3) is 1.80. The van der Waals surface area contributed by atoms with E-state index in [9.17, 15) is 14.7 Å². The molecule has 1 unspecified atom stereocenters. The molecule has 7 heteroatoms. The number of fused-ring (bicyclic) bond motifs is 5. The molecule has 0 spiro atoms. The largest absolute Gasteiger partial charge is 0.458 e. The van der Waals surface area contributed by atoms with Crippen molar-refractivity contribution in [2.75, 3.05) is 0 Å². The number of carbonyl (C=O) groups is 1. The minimum atomic E-state index is -1.80. The minimum Gasteiger partial charge on any atom is -0.458 e. The van der Waals surface area contributed by atoms with Crippen molar-refractivity contribution in [1.29, 1.82) is 0 Å². The number of nitrogens with zero attached hydrogens (tertiary/aromatic N) is 3. The summed E-state index contributed by atoms with van der Waals surface area (Å²) in [5.74, 6) is -0.715. The fourth-order valence-corrected chi connectivity index (χ4v) is 3.83. The van der Waals surface area contributed by atoms with E-state index in [0.29, 0.717) is 29.1 Å². The van der Waals surface area contributed by atoms with Crippen LogP contribution in [0.2, 0.25) is 0 Å². The lowest BCUT2D eigenvalue weighted by Gasteiger charge is -2.31. The lowest BCUT2D eigenvalue weighted by Crippen LogP contribution is -2.44. The van der Waals surface area contributed by atoms with E-state index in [1.165, 1.54) is 0 Å². The Morgan fingerprint density at radius 2 is 2.19 bits per heavy atom. The van der Waals surface area contributed by atoms with E-state index in [1.807, 2.05) is 12.1 Å². The summed E-state index contributed by atoms with van der Waals surface area (Å²) < 4.78 is 6.69. The number of rotatable bonds is 1. The van der Waals surface area contributed by atoms with Gasteiger partial charge in [-0.1, -0.05) is 6.92 Å². The van der Waals surface area contributed by atoms with Gasteiger partial charge in [0.2, 0.25) is 0 Å². The van der Waals surface area contributed by atoms with E-state index in [4.69, 9.17) is 4.74 Å². The molecular weight excluding hydrogens is 334 g/mol. The summed E-state index contributed by atoms with van der Waals surface area (Å²) in [6.07, 6.45) is 3.54. The quantitative estimate of drug-likeness (QED) is 0.523. The smallest absolute Gasteiger partial charge is 0.343 e. The lowest BCUT2D eigenvalue weighted by atomic mass is 9.86.